The summed E-state index contributed by atoms with van der Waals surface area (Å²) in [5.74, 6) is 1.30. The van der Waals surface area contributed by atoms with Gasteiger partial charge in [0.1, 0.15) is 17.4 Å². The number of carbonyl (C=O) groups is 1. The van der Waals surface area contributed by atoms with E-state index in [1.165, 1.54) is 6.07 Å². The maximum Gasteiger partial charge on any atom is 0.227 e. The smallest absolute Gasteiger partial charge is 0.227 e. The molecule has 5 nitrogen and oxygen atoms in total. The number of para-hydroxylation sites is 4. The van der Waals surface area contributed by atoms with Crippen LogP contribution in [0, 0.1) is 12.7 Å². The molecule has 1 amide bonds. The number of rotatable bonds is 8. The van der Waals surface area contributed by atoms with E-state index in [-0.39, 0.29) is 17.6 Å². The number of aryl methyl sites for hydroxylation is 2. The van der Waals surface area contributed by atoms with Gasteiger partial charge in [0.2, 0.25) is 5.91 Å². The van der Waals surface area contributed by atoms with Crippen LogP contribution in [0.5, 0.6) is 5.75 Å². The van der Waals surface area contributed by atoms with Crippen LogP contribution in [0.25, 0.3) is 11.0 Å². The van der Waals surface area contributed by atoms with Crippen molar-refractivity contribution in [2.45, 2.75) is 38.6 Å². The van der Waals surface area contributed by atoms with Gasteiger partial charge in [0.25, 0.3) is 0 Å². The highest BCUT2D eigenvalue weighted by molar-refractivity contribution is 5.96. The number of aromatic nitrogens is 2. The summed E-state index contributed by atoms with van der Waals surface area (Å²) >= 11 is 0. The summed E-state index contributed by atoms with van der Waals surface area (Å²) in [5, 5.41) is 0. The number of halogens is 1. The van der Waals surface area contributed by atoms with Gasteiger partial charge in [0, 0.05) is 25.4 Å². The number of hydrogen-bond acceptors (Lipinski definition) is 3. The molecule has 174 valence electrons. The van der Waals surface area contributed by atoms with E-state index in [0.29, 0.717) is 25.3 Å². The molecule has 5 rings (SSSR count). The molecular formula is C28H28FN3O2. The summed E-state index contributed by atoms with van der Waals surface area (Å²) in [6.45, 7) is 3.92. The number of carbonyl (C=O) groups excluding carboxylic acids is 1. The summed E-state index contributed by atoms with van der Waals surface area (Å²) in [6, 6.07) is 22.5. The van der Waals surface area contributed by atoms with Crippen molar-refractivity contribution in [3.63, 3.8) is 0 Å². The normalized spacial score (nSPS) is 15.9. The fourth-order valence-corrected chi connectivity index (χ4v) is 4.70. The first-order valence-corrected chi connectivity index (χ1v) is 11.8. The Kier molecular flexibility index (Phi) is 6.30. The van der Waals surface area contributed by atoms with Crippen molar-refractivity contribution in [1.82, 2.24) is 9.55 Å². The molecule has 1 aromatic heterocycles. The average Bonchev–Trinajstić information content (AvgIpc) is 3.41. The molecule has 6 heteroatoms. The third-order valence-corrected chi connectivity index (χ3v) is 6.44. The first kappa shape index (κ1) is 22.1. The van der Waals surface area contributed by atoms with E-state index < -0.39 is 0 Å². The van der Waals surface area contributed by atoms with E-state index in [1.807, 2.05) is 49.4 Å². The lowest BCUT2D eigenvalue weighted by molar-refractivity contribution is -0.117. The molecule has 4 aromatic rings. The van der Waals surface area contributed by atoms with Crippen molar-refractivity contribution in [3.8, 4) is 5.75 Å². The number of imidazole rings is 1. The zero-order chi connectivity index (χ0) is 23.5. The van der Waals surface area contributed by atoms with Crippen molar-refractivity contribution < 1.29 is 13.9 Å². The van der Waals surface area contributed by atoms with Gasteiger partial charge in [-0.05, 0) is 55.7 Å². The molecular weight excluding hydrogens is 429 g/mol. The van der Waals surface area contributed by atoms with Gasteiger partial charge in [-0.2, -0.15) is 0 Å². The predicted molar refractivity (Wildman–Crippen MR) is 132 cm³/mol. The number of ether oxygens (including phenoxy) is 1. The van der Waals surface area contributed by atoms with Gasteiger partial charge in [0.05, 0.1) is 23.3 Å². The molecule has 0 radical (unpaired) electrons. The van der Waals surface area contributed by atoms with Crippen LogP contribution in [0.3, 0.4) is 0 Å². The molecule has 1 fully saturated rings. The topological polar surface area (TPSA) is 47.4 Å². The van der Waals surface area contributed by atoms with Crippen molar-refractivity contribution >= 4 is 22.6 Å². The highest BCUT2D eigenvalue weighted by Gasteiger charge is 2.35. The molecule has 0 spiro atoms. The Morgan fingerprint density at radius 3 is 2.62 bits per heavy atom. The second-order valence-corrected chi connectivity index (χ2v) is 8.79. The van der Waals surface area contributed by atoms with Crippen LogP contribution in [0.1, 0.15) is 36.6 Å². The highest BCUT2D eigenvalue weighted by atomic mass is 19.1. The molecule has 2 heterocycles. The molecule has 1 aliphatic rings. The SMILES string of the molecule is Cc1ccccc1OCCCCn1c(C2CC(=O)N(c3ccccc3F)C2)nc2ccccc21. The molecule has 0 saturated carbocycles. The number of nitrogens with zero attached hydrogens (tertiary/aromatic N) is 3. The number of hydrogen-bond donors (Lipinski definition) is 0. The van der Waals surface area contributed by atoms with Crippen molar-refractivity contribution in [2.24, 2.45) is 0 Å². The molecule has 1 atom stereocenters. The van der Waals surface area contributed by atoms with Gasteiger partial charge in [0.15, 0.2) is 0 Å². The van der Waals surface area contributed by atoms with E-state index in [0.717, 1.165) is 47.6 Å². The third-order valence-electron chi connectivity index (χ3n) is 6.44. The Morgan fingerprint density at radius 1 is 1.00 bits per heavy atom. The standard InChI is InChI=1S/C28H28FN3O2/c1-20-10-2-7-15-26(20)34-17-9-8-16-31-25-14-6-4-12-23(25)30-28(31)21-18-27(33)32(19-21)24-13-5-3-11-22(24)29/h2-7,10-15,21H,8-9,16-19H2,1H3. The summed E-state index contributed by atoms with van der Waals surface area (Å²) in [6.07, 6.45) is 2.16. The zero-order valence-corrected chi connectivity index (χ0v) is 19.3. The average molecular weight is 458 g/mol. The number of amides is 1. The van der Waals surface area contributed by atoms with E-state index in [1.54, 1.807) is 23.1 Å². The number of benzene rings is 3. The predicted octanol–water partition coefficient (Wildman–Crippen LogP) is 5.86. The summed E-state index contributed by atoms with van der Waals surface area (Å²) < 4.78 is 22.5. The minimum Gasteiger partial charge on any atom is -0.493 e. The molecule has 1 unspecified atom stereocenters. The molecule has 3 aromatic carbocycles. The van der Waals surface area contributed by atoms with Gasteiger partial charge in [-0.1, -0.05) is 42.5 Å². The lowest BCUT2D eigenvalue weighted by Crippen LogP contribution is -2.25. The fraction of sp³-hybridized carbons (Fsp3) is 0.286. The van der Waals surface area contributed by atoms with Gasteiger partial charge in [-0.25, -0.2) is 9.37 Å². The minimum absolute atomic E-state index is 0.0691. The van der Waals surface area contributed by atoms with E-state index >= 15 is 0 Å². The van der Waals surface area contributed by atoms with Crippen molar-refractivity contribution in [2.75, 3.05) is 18.1 Å². The number of anilines is 1. The third kappa shape index (κ3) is 4.40. The Balaban J connectivity index is 1.31. The summed E-state index contributed by atoms with van der Waals surface area (Å²) in [5.41, 5.74) is 3.46. The van der Waals surface area contributed by atoms with E-state index in [2.05, 4.69) is 10.6 Å². The maximum atomic E-state index is 14.4. The maximum absolute atomic E-state index is 14.4. The Bertz CT molecular complexity index is 1320. The molecule has 0 aliphatic carbocycles. The lowest BCUT2D eigenvalue weighted by atomic mass is 10.1. The van der Waals surface area contributed by atoms with Crippen LogP contribution in [0.15, 0.2) is 72.8 Å². The zero-order valence-electron chi connectivity index (χ0n) is 19.3. The second-order valence-electron chi connectivity index (χ2n) is 8.79. The van der Waals surface area contributed by atoms with Gasteiger partial charge in [-0.15, -0.1) is 0 Å². The molecule has 0 bridgehead atoms. The monoisotopic (exact) mass is 457 g/mol. The van der Waals surface area contributed by atoms with E-state index in [4.69, 9.17) is 9.72 Å². The Hall–Kier alpha value is -3.67. The van der Waals surface area contributed by atoms with Gasteiger partial charge < -0.3 is 14.2 Å². The minimum atomic E-state index is -0.376. The van der Waals surface area contributed by atoms with Gasteiger partial charge in [-0.3, -0.25) is 4.79 Å². The Morgan fingerprint density at radius 2 is 1.76 bits per heavy atom. The van der Waals surface area contributed by atoms with Gasteiger partial charge >= 0.3 is 0 Å². The highest BCUT2D eigenvalue weighted by Crippen LogP contribution is 2.34. The fourth-order valence-electron chi connectivity index (χ4n) is 4.70. The van der Waals surface area contributed by atoms with E-state index in [9.17, 15) is 9.18 Å². The van der Waals surface area contributed by atoms with Crippen LogP contribution in [-0.4, -0.2) is 28.6 Å². The summed E-state index contributed by atoms with van der Waals surface area (Å²) in [4.78, 5) is 19.3. The number of fused-ring (bicyclic) bond motifs is 1. The second kappa shape index (κ2) is 9.67. The largest absolute Gasteiger partial charge is 0.493 e. The lowest BCUT2D eigenvalue weighted by Gasteiger charge is -2.18. The van der Waals surface area contributed by atoms with Crippen LogP contribution in [0.2, 0.25) is 0 Å². The van der Waals surface area contributed by atoms with Crippen molar-refractivity contribution in [3.05, 3.63) is 90.0 Å². The quantitative estimate of drug-likeness (QED) is 0.311. The van der Waals surface area contributed by atoms with Crippen LogP contribution in [0.4, 0.5) is 10.1 Å². The molecule has 0 N–H and O–H groups in total. The van der Waals surface area contributed by atoms with Crippen LogP contribution >= 0.6 is 0 Å². The molecule has 1 aliphatic heterocycles. The summed E-state index contributed by atoms with van der Waals surface area (Å²) in [7, 11) is 0. The Labute approximate surface area is 198 Å². The molecule has 1 saturated heterocycles. The molecule has 34 heavy (non-hydrogen) atoms. The van der Waals surface area contributed by atoms with Crippen molar-refractivity contribution in [1.29, 1.82) is 0 Å². The van der Waals surface area contributed by atoms with Crippen LogP contribution < -0.4 is 9.64 Å². The van der Waals surface area contributed by atoms with Crippen LogP contribution in [-0.2, 0) is 11.3 Å². The number of unbranched alkanes of at least 4 members (excludes halogenated alkanes) is 1. The first-order valence-electron chi connectivity index (χ1n) is 11.8. The first-order chi connectivity index (χ1) is 16.6.